The first-order valence-corrected chi connectivity index (χ1v) is 3.18. The Balaban J connectivity index is 2.46. The van der Waals surface area contributed by atoms with Crippen LogP contribution in [0.25, 0.3) is 0 Å². The Kier molecular flexibility index (Phi) is 2.18. The minimum absolute atomic E-state index is 0.263. The van der Waals surface area contributed by atoms with E-state index in [0.29, 0.717) is 13.1 Å². The predicted molar refractivity (Wildman–Crippen MR) is 33.6 cm³/mol. The Morgan fingerprint density at radius 3 is 2.90 bits per heavy atom. The van der Waals surface area contributed by atoms with Crippen molar-refractivity contribution in [1.82, 2.24) is 10.3 Å². The predicted octanol–water partition coefficient (Wildman–Crippen LogP) is -0.599. The summed E-state index contributed by atoms with van der Waals surface area (Å²) in [7, 11) is 0. The monoisotopic (exact) mass is 151 g/mol. The summed E-state index contributed by atoms with van der Waals surface area (Å²) in [6.45, 7) is 0.405. The highest BCUT2D eigenvalue weighted by molar-refractivity contribution is 4.76. The van der Waals surface area contributed by atoms with Crippen LogP contribution in [0.5, 0.6) is 0 Å². The first-order chi connectivity index (χ1) is 4.60. The largest absolute Gasteiger partial charge is 0.310 e. The summed E-state index contributed by atoms with van der Waals surface area (Å²) in [6.07, 6.45) is 0. The summed E-state index contributed by atoms with van der Waals surface area (Å²) < 4.78 is 25.1. The highest BCUT2D eigenvalue weighted by Gasteiger charge is 2.32. The fourth-order valence-electron chi connectivity index (χ4n) is 0.926. The molecular formula is C5H11F2N3. The molecule has 1 rings (SSSR count). The van der Waals surface area contributed by atoms with Crippen molar-refractivity contribution in [3.8, 4) is 0 Å². The van der Waals surface area contributed by atoms with Gasteiger partial charge in [-0.05, 0) is 0 Å². The molecule has 1 aliphatic rings. The zero-order valence-electron chi connectivity index (χ0n) is 5.61. The maximum atomic E-state index is 12.5. The van der Waals surface area contributed by atoms with E-state index in [9.17, 15) is 8.78 Å². The molecule has 1 fully saturated rings. The molecule has 0 aliphatic carbocycles. The minimum atomic E-state index is -2.68. The average molecular weight is 151 g/mol. The second-order valence-corrected chi connectivity index (χ2v) is 2.50. The van der Waals surface area contributed by atoms with Crippen LogP contribution in [0, 0.1) is 0 Å². The third-order valence-electron chi connectivity index (χ3n) is 1.39. The van der Waals surface area contributed by atoms with Gasteiger partial charge in [0.25, 0.3) is 5.92 Å². The third-order valence-corrected chi connectivity index (χ3v) is 1.39. The number of nitrogens with one attached hydrogen (secondary N) is 1. The Hall–Kier alpha value is -0.260. The van der Waals surface area contributed by atoms with Gasteiger partial charge in [0.05, 0.1) is 13.1 Å². The summed E-state index contributed by atoms with van der Waals surface area (Å²) in [6, 6.07) is 0. The SMILES string of the molecule is NN1CCNCC(F)(F)C1. The van der Waals surface area contributed by atoms with Gasteiger partial charge >= 0.3 is 0 Å². The maximum absolute atomic E-state index is 12.5. The van der Waals surface area contributed by atoms with Crippen LogP contribution in [0.15, 0.2) is 0 Å². The number of hydrogen-bond donors (Lipinski definition) is 2. The van der Waals surface area contributed by atoms with Crippen molar-refractivity contribution in [2.45, 2.75) is 5.92 Å². The summed E-state index contributed by atoms with van der Waals surface area (Å²) in [5, 5.41) is 3.74. The Morgan fingerprint density at radius 1 is 1.50 bits per heavy atom. The zero-order chi connectivity index (χ0) is 7.61. The van der Waals surface area contributed by atoms with Gasteiger partial charge in [0, 0.05) is 13.1 Å². The van der Waals surface area contributed by atoms with Crippen molar-refractivity contribution in [3.05, 3.63) is 0 Å². The molecule has 5 heteroatoms. The number of hydrazine groups is 1. The lowest BCUT2D eigenvalue weighted by atomic mass is 10.3. The molecule has 3 nitrogen and oxygen atoms in total. The zero-order valence-corrected chi connectivity index (χ0v) is 5.61. The van der Waals surface area contributed by atoms with Crippen molar-refractivity contribution >= 4 is 0 Å². The molecule has 60 valence electrons. The molecule has 1 heterocycles. The van der Waals surface area contributed by atoms with Crippen LogP contribution in [0.2, 0.25) is 0 Å². The van der Waals surface area contributed by atoms with Crippen LogP contribution in [0.3, 0.4) is 0 Å². The van der Waals surface area contributed by atoms with Crippen LogP contribution < -0.4 is 11.2 Å². The van der Waals surface area contributed by atoms with E-state index in [1.54, 1.807) is 0 Å². The maximum Gasteiger partial charge on any atom is 0.274 e. The highest BCUT2D eigenvalue weighted by Crippen LogP contribution is 2.13. The molecule has 3 N–H and O–H groups in total. The Labute approximate surface area is 58.1 Å². The number of hydrogen-bond acceptors (Lipinski definition) is 3. The Bertz CT molecular complexity index is 117. The molecule has 1 saturated heterocycles. The summed E-state index contributed by atoms with van der Waals surface area (Å²) in [5.41, 5.74) is 0. The standard InChI is InChI=1S/C5H11F2N3/c6-5(7)3-9-1-2-10(8)4-5/h9H,1-4,8H2. The first kappa shape index (κ1) is 7.84. The van der Waals surface area contributed by atoms with Gasteiger partial charge in [0.2, 0.25) is 0 Å². The molecule has 0 amide bonds. The first-order valence-electron chi connectivity index (χ1n) is 3.18. The van der Waals surface area contributed by atoms with Gasteiger partial charge in [0.1, 0.15) is 0 Å². The fourth-order valence-corrected chi connectivity index (χ4v) is 0.926. The molecule has 0 atom stereocenters. The molecule has 0 saturated carbocycles. The lowest BCUT2D eigenvalue weighted by Gasteiger charge is -2.17. The minimum Gasteiger partial charge on any atom is -0.310 e. The molecule has 0 bridgehead atoms. The van der Waals surface area contributed by atoms with Gasteiger partial charge in [-0.2, -0.15) is 0 Å². The van der Waals surface area contributed by atoms with E-state index in [2.05, 4.69) is 5.32 Å². The fraction of sp³-hybridized carbons (Fsp3) is 1.00. The summed E-state index contributed by atoms with van der Waals surface area (Å²) >= 11 is 0. The van der Waals surface area contributed by atoms with E-state index in [4.69, 9.17) is 5.84 Å². The van der Waals surface area contributed by atoms with Gasteiger partial charge in [-0.3, -0.25) is 5.84 Å². The van der Waals surface area contributed by atoms with Crippen molar-refractivity contribution in [3.63, 3.8) is 0 Å². The molecular weight excluding hydrogens is 140 g/mol. The quantitative estimate of drug-likeness (QED) is 0.454. The number of nitrogens with zero attached hydrogens (tertiary/aromatic N) is 1. The lowest BCUT2D eigenvalue weighted by molar-refractivity contribution is -0.0185. The number of rotatable bonds is 0. The van der Waals surface area contributed by atoms with E-state index >= 15 is 0 Å². The number of nitrogens with two attached hydrogens (primary N) is 1. The van der Waals surface area contributed by atoms with Crippen LogP contribution in [-0.2, 0) is 0 Å². The average Bonchev–Trinajstić information content (AvgIpc) is 1.90. The molecule has 0 spiro atoms. The van der Waals surface area contributed by atoms with Crippen molar-refractivity contribution in [2.24, 2.45) is 5.84 Å². The Morgan fingerprint density at radius 2 is 2.20 bits per heavy atom. The van der Waals surface area contributed by atoms with E-state index in [-0.39, 0.29) is 13.1 Å². The van der Waals surface area contributed by atoms with E-state index in [1.807, 2.05) is 0 Å². The lowest BCUT2D eigenvalue weighted by Crippen LogP contribution is -2.41. The smallest absolute Gasteiger partial charge is 0.274 e. The van der Waals surface area contributed by atoms with E-state index in [1.165, 1.54) is 0 Å². The normalized spacial score (nSPS) is 27.9. The third kappa shape index (κ3) is 2.17. The number of alkyl halides is 2. The van der Waals surface area contributed by atoms with Gasteiger partial charge in [0.15, 0.2) is 0 Å². The molecule has 0 aromatic heterocycles. The van der Waals surface area contributed by atoms with Gasteiger partial charge < -0.3 is 5.32 Å². The van der Waals surface area contributed by atoms with Crippen LogP contribution >= 0.6 is 0 Å². The molecule has 1 aliphatic heterocycles. The van der Waals surface area contributed by atoms with Crippen molar-refractivity contribution in [2.75, 3.05) is 26.2 Å². The van der Waals surface area contributed by atoms with E-state index < -0.39 is 5.92 Å². The molecule has 0 radical (unpaired) electrons. The molecule has 10 heavy (non-hydrogen) atoms. The van der Waals surface area contributed by atoms with Gasteiger partial charge in [-0.25, -0.2) is 13.8 Å². The van der Waals surface area contributed by atoms with Crippen molar-refractivity contribution in [1.29, 1.82) is 0 Å². The topological polar surface area (TPSA) is 41.3 Å². The van der Waals surface area contributed by atoms with Crippen LogP contribution in [0.1, 0.15) is 0 Å². The molecule has 0 aromatic rings. The van der Waals surface area contributed by atoms with Crippen molar-refractivity contribution < 1.29 is 8.78 Å². The number of halogens is 2. The summed E-state index contributed by atoms with van der Waals surface area (Å²) in [4.78, 5) is 0. The van der Waals surface area contributed by atoms with Crippen LogP contribution in [-0.4, -0.2) is 37.1 Å². The molecule has 0 aromatic carbocycles. The van der Waals surface area contributed by atoms with Gasteiger partial charge in [-0.15, -0.1) is 0 Å². The van der Waals surface area contributed by atoms with Gasteiger partial charge in [-0.1, -0.05) is 0 Å². The summed E-state index contributed by atoms with van der Waals surface area (Å²) in [5.74, 6) is 2.55. The van der Waals surface area contributed by atoms with E-state index in [0.717, 1.165) is 5.01 Å². The molecule has 0 unspecified atom stereocenters. The second-order valence-electron chi connectivity index (χ2n) is 2.50. The van der Waals surface area contributed by atoms with Crippen LogP contribution in [0.4, 0.5) is 8.78 Å². The second kappa shape index (κ2) is 2.77. The highest BCUT2D eigenvalue weighted by atomic mass is 19.3.